The van der Waals surface area contributed by atoms with E-state index in [1.807, 2.05) is 66.7 Å². The number of imide groups is 1. The first-order valence-corrected chi connectivity index (χ1v) is 9.73. The number of amides is 3. The lowest BCUT2D eigenvalue weighted by atomic mass is 9.97. The quantitative estimate of drug-likeness (QED) is 0.549. The fourth-order valence-corrected chi connectivity index (χ4v) is 3.38. The van der Waals surface area contributed by atoms with Crippen LogP contribution in [0.5, 0.6) is 0 Å². The van der Waals surface area contributed by atoms with Gasteiger partial charge < -0.3 is 10.6 Å². The predicted molar refractivity (Wildman–Crippen MR) is 116 cm³/mol. The summed E-state index contributed by atoms with van der Waals surface area (Å²) in [4.78, 5) is 35.5. The van der Waals surface area contributed by atoms with Crippen molar-refractivity contribution in [3.8, 4) is 0 Å². The average Bonchev–Trinajstić information content (AvgIpc) is 3.07. The topological polar surface area (TPSA) is 87.3 Å². The van der Waals surface area contributed by atoms with E-state index in [-0.39, 0.29) is 30.1 Å². The molecule has 6 nitrogen and oxygen atoms in total. The van der Waals surface area contributed by atoms with Crippen LogP contribution in [0.3, 0.4) is 0 Å². The van der Waals surface area contributed by atoms with Gasteiger partial charge in [-0.3, -0.25) is 19.7 Å². The molecule has 1 saturated heterocycles. The molecular formula is C24H21N3O3. The standard InChI is InChI=1S/C24H21N3O3/c28-22-15-18(24(30)27-22)14-16-6-8-17(9-7-16)23(29)26-21-12-10-20(11-13-21)25-19-4-2-1-3-5-19/h1-13,18,25H,14-15H2,(H,26,29)(H,27,28,30). The first-order valence-electron chi connectivity index (χ1n) is 9.73. The average molecular weight is 399 g/mol. The van der Waals surface area contributed by atoms with Crippen molar-refractivity contribution in [1.29, 1.82) is 0 Å². The smallest absolute Gasteiger partial charge is 0.255 e. The first kappa shape index (κ1) is 19.4. The molecule has 0 saturated carbocycles. The number of rotatable bonds is 6. The van der Waals surface area contributed by atoms with Gasteiger partial charge in [-0.25, -0.2) is 0 Å². The molecule has 6 heteroatoms. The molecule has 3 N–H and O–H groups in total. The van der Waals surface area contributed by atoms with Crippen LogP contribution < -0.4 is 16.0 Å². The number of carbonyl (C=O) groups is 3. The molecule has 0 radical (unpaired) electrons. The largest absolute Gasteiger partial charge is 0.356 e. The summed E-state index contributed by atoms with van der Waals surface area (Å²) in [5.41, 5.74) is 4.06. The van der Waals surface area contributed by atoms with Crippen LogP contribution in [0.1, 0.15) is 22.3 Å². The normalized spacial score (nSPS) is 15.5. The maximum Gasteiger partial charge on any atom is 0.255 e. The third-order valence-electron chi connectivity index (χ3n) is 4.97. The van der Waals surface area contributed by atoms with E-state index in [2.05, 4.69) is 16.0 Å². The van der Waals surface area contributed by atoms with Crippen molar-refractivity contribution in [2.45, 2.75) is 12.8 Å². The highest BCUT2D eigenvalue weighted by molar-refractivity contribution is 6.04. The number of hydrogen-bond acceptors (Lipinski definition) is 4. The molecule has 150 valence electrons. The van der Waals surface area contributed by atoms with Gasteiger partial charge in [-0.2, -0.15) is 0 Å². The van der Waals surface area contributed by atoms with Crippen molar-refractivity contribution in [2.75, 3.05) is 10.6 Å². The Bertz CT molecular complexity index is 1060. The van der Waals surface area contributed by atoms with Gasteiger partial charge in [-0.1, -0.05) is 30.3 Å². The summed E-state index contributed by atoms with van der Waals surface area (Å²) in [7, 11) is 0. The molecule has 4 rings (SSSR count). The molecule has 1 heterocycles. The Balaban J connectivity index is 1.34. The molecule has 1 aliphatic heterocycles. The molecule has 0 spiro atoms. The van der Waals surface area contributed by atoms with Crippen LogP contribution in [0, 0.1) is 5.92 Å². The molecule has 0 aliphatic carbocycles. The van der Waals surface area contributed by atoms with Crippen LogP contribution in [-0.4, -0.2) is 17.7 Å². The maximum atomic E-state index is 12.5. The van der Waals surface area contributed by atoms with E-state index in [4.69, 9.17) is 0 Å². The second-order valence-electron chi connectivity index (χ2n) is 7.24. The summed E-state index contributed by atoms with van der Waals surface area (Å²) in [5, 5.41) is 8.49. The lowest BCUT2D eigenvalue weighted by Gasteiger charge is -2.10. The zero-order chi connectivity index (χ0) is 20.9. The van der Waals surface area contributed by atoms with Crippen molar-refractivity contribution < 1.29 is 14.4 Å². The molecule has 1 atom stereocenters. The summed E-state index contributed by atoms with van der Waals surface area (Å²) >= 11 is 0. The zero-order valence-electron chi connectivity index (χ0n) is 16.2. The molecule has 3 aromatic rings. The third-order valence-corrected chi connectivity index (χ3v) is 4.97. The Morgan fingerprint density at radius 3 is 2.10 bits per heavy atom. The van der Waals surface area contributed by atoms with Gasteiger partial charge in [0, 0.05) is 29.0 Å². The van der Waals surface area contributed by atoms with Crippen LogP contribution in [0.2, 0.25) is 0 Å². The van der Waals surface area contributed by atoms with E-state index in [9.17, 15) is 14.4 Å². The molecule has 3 aromatic carbocycles. The minimum absolute atomic E-state index is 0.209. The Kier molecular flexibility index (Phi) is 5.57. The van der Waals surface area contributed by atoms with Crippen molar-refractivity contribution >= 4 is 34.8 Å². The van der Waals surface area contributed by atoms with Crippen LogP contribution in [0.4, 0.5) is 17.1 Å². The van der Waals surface area contributed by atoms with Crippen molar-refractivity contribution in [3.05, 3.63) is 90.0 Å². The van der Waals surface area contributed by atoms with Crippen molar-refractivity contribution in [1.82, 2.24) is 5.32 Å². The van der Waals surface area contributed by atoms with Gasteiger partial charge in [0.2, 0.25) is 11.8 Å². The number of para-hydroxylation sites is 1. The van der Waals surface area contributed by atoms with Gasteiger partial charge in [-0.15, -0.1) is 0 Å². The highest BCUT2D eigenvalue weighted by Crippen LogP contribution is 2.20. The minimum Gasteiger partial charge on any atom is -0.356 e. The van der Waals surface area contributed by atoms with Crippen LogP contribution >= 0.6 is 0 Å². The van der Waals surface area contributed by atoms with E-state index < -0.39 is 0 Å². The Hall–Kier alpha value is -3.93. The molecule has 1 fully saturated rings. The number of benzene rings is 3. The van der Waals surface area contributed by atoms with E-state index in [1.54, 1.807) is 12.1 Å². The van der Waals surface area contributed by atoms with Gasteiger partial charge >= 0.3 is 0 Å². The van der Waals surface area contributed by atoms with Gasteiger partial charge in [-0.05, 0) is 60.5 Å². The van der Waals surface area contributed by atoms with E-state index in [0.717, 1.165) is 16.9 Å². The van der Waals surface area contributed by atoms with Gasteiger partial charge in [0.1, 0.15) is 0 Å². The Morgan fingerprint density at radius 2 is 1.47 bits per heavy atom. The summed E-state index contributed by atoms with van der Waals surface area (Å²) in [5.74, 6) is -1.00. The van der Waals surface area contributed by atoms with E-state index >= 15 is 0 Å². The highest BCUT2D eigenvalue weighted by Gasteiger charge is 2.30. The molecule has 3 amide bonds. The number of nitrogens with one attached hydrogen (secondary N) is 3. The first-order chi connectivity index (χ1) is 14.6. The van der Waals surface area contributed by atoms with Crippen molar-refractivity contribution in [2.24, 2.45) is 5.92 Å². The number of anilines is 3. The maximum absolute atomic E-state index is 12.5. The SMILES string of the molecule is O=C1CC(Cc2ccc(C(=O)Nc3ccc(Nc4ccccc4)cc3)cc2)C(=O)N1. The molecule has 0 bridgehead atoms. The lowest BCUT2D eigenvalue weighted by Crippen LogP contribution is -2.22. The fraction of sp³-hybridized carbons (Fsp3) is 0.125. The number of hydrogen-bond donors (Lipinski definition) is 3. The summed E-state index contributed by atoms with van der Waals surface area (Å²) in [6, 6.07) is 24.4. The Morgan fingerprint density at radius 1 is 0.833 bits per heavy atom. The van der Waals surface area contributed by atoms with Crippen LogP contribution in [0.15, 0.2) is 78.9 Å². The molecule has 1 unspecified atom stereocenters. The van der Waals surface area contributed by atoms with E-state index in [0.29, 0.717) is 17.7 Å². The number of carbonyl (C=O) groups excluding carboxylic acids is 3. The summed E-state index contributed by atoms with van der Waals surface area (Å²) < 4.78 is 0. The third kappa shape index (κ3) is 4.72. The van der Waals surface area contributed by atoms with Gasteiger partial charge in [0.05, 0.1) is 5.92 Å². The summed E-state index contributed by atoms with van der Waals surface area (Å²) in [6.45, 7) is 0. The monoisotopic (exact) mass is 399 g/mol. The van der Waals surface area contributed by atoms with Crippen molar-refractivity contribution in [3.63, 3.8) is 0 Å². The zero-order valence-corrected chi connectivity index (χ0v) is 16.2. The minimum atomic E-state index is -0.333. The molecule has 30 heavy (non-hydrogen) atoms. The predicted octanol–water partition coefficient (Wildman–Crippen LogP) is 3.89. The lowest BCUT2D eigenvalue weighted by molar-refractivity contribution is -0.125. The van der Waals surface area contributed by atoms with E-state index in [1.165, 1.54) is 0 Å². The highest BCUT2D eigenvalue weighted by atomic mass is 16.2. The fourth-order valence-electron chi connectivity index (χ4n) is 3.38. The van der Waals surface area contributed by atoms with Crippen LogP contribution in [-0.2, 0) is 16.0 Å². The molecule has 1 aliphatic rings. The molecular weight excluding hydrogens is 378 g/mol. The second kappa shape index (κ2) is 8.61. The van der Waals surface area contributed by atoms with Gasteiger partial charge in [0.25, 0.3) is 5.91 Å². The molecule has 0 aromatic heterocycles. The van der Waals surface area contributed by atoms with Crippen LogP contribution in [0.25, 0.3) is 0 Å². The van der Waals surface area contributed by atoms with Gasteiger partial charge in [0.15, 0.2) is 0 Å². The second-order valence-corrected chi connectivity index (χ2v) is 7.24. The summed E-state index contributed by atoms with van der Waals surface area (Å²) in [6.07, 6.45) is 0.700. The Labute approximate surface area is 174 Å².